The van der Waals surface area contributed by atoms with Crippen LogP contribution in [0.3, 0.4) is 0 Å². The second-order valence-electron chi connectivity index (χ2n) is 8.07. The third-order valence-corrected chi connectivity index (χ3v) is 5.91. The van der Waals surface area contributed by atoms with Gasteiger partial charge in [0.25, 0.3) is 5.56 Å². The van der Waals surface area contributed by atoms with Crippen LogP contribution in [0.1, 0.15) is 56.1 Å². The lowest BCUT2D eigenvalue weighted by atomic mass is 9.92. The topological polar surface area (TPSA) is 107 Å². The molecule has 2 aromatic rings. The van der Waals surface area contributed by atoms with E-state index in [1.807, 2.05) is 25.1 Å². The zero-order chi connectivity index (χ0) is 21.3. The average molecular weight is 409 g/mol. The van der Waals surface area contributed by atoms with Crippen LogP contribution in [-0.4, -0.2) is 34.4 Å². The van der Waals surface area contributed by atoms with Crippen molar-refractivity contribution in [2.24, 2.45) is 0 Å². The van der Waals surface area contributed by atoms with E-state index in [2.05, 4.69) is 32.4 Å². The molecule has 1 aromatic heterocycles. The number of aromatic amines is 1. The summed E-state index contributed by atoms with van der Waals surface area (Å²) in [6, 6.07) is 7.70. The van der Waals surface area contributed by atoms with E-state index in [9.17, 15) is 14.4 Å². The largest absolute Gasteiger partial charge is 0.339 e. The van der Waals surface area contributed by atoms with Gasteiger partial charge >= 0.3 is 0 Å². The number of aryl methyl sites for hydroxylation is 1. The van der Waals surface area contributed by atoms with Crippen LogP contribution in [0, 0.1) is 6.92 Å². The molecule has 8 nitrogen and oxygen atoms in total. The van der Waals surface area contributed by atoms with Gasteiger partial charge in [0.2, 0.25) is 17.8 Å². The Morgan fingerprint density at radius 3 is 2.90 bits per heavy atom. The van der Waals surface area contributed by atoms with Gasteiger partial charge in [-0.05, 0) is 50.3 Å². The number of piperidine rings is 1. The lowest BCUT2D eigenvalue weighted by Gasteiger charge is -2.36. The van der Waals surface area contributed by atoms with Crippen LogP contribution in [0.25, 0.3) is 0 Å². The van der Waals surface area contributed by atoms with Crippen LogP contribution in [0.15, 0.2) is 29.1 Å². The van der Waals surface area contributed by atoms with Gasteiger partial charge in [0, 0.05) is 24.7 Å². The maximum atomic E-state index is 13.0. The maximum Gasteiger partial charge on any atom is 0.258 e. The molecule has 158 valence electrons. The lowest BCUT2D eigenvalue weighted by molar-refractivity contribution is -0.123. The van der Waals surface area contributed by atoms with Crippen molar-refractivity contribution in [3.63, 3.8) is 0 Å². The first-order valence-electron chi connectivity index (χ1n) is 10.5. The first kappa shape index (κ1) is 20.1. The number of H-pyrrole nitrogens is 1. The molecule has 3 N–H and O–H groups in total. The van der Waals surface area contributed by atoms with Crippen LogP contribution in [0.2, 0.25) is 0 Å². The number of carbonyl (C=O) groups is 2. The summed E-state index contributed by atoms with van der Waals surface area (Å²) in [5.41, 5.74) is 1.48. The van der Waals surface area contributed by atoms with E-state index < -0.39 is 5.92 Å². The molecule has 1 aromatic carbocycles. The zero-order valence-electron chi connectivity index (χ0n) is 17.3. The summed E-state index contributed by atoms with van der Waals surface area (Å²) in [4.78, 5) is 47.8. The smallest absolute Gasteiger partial charge is 0.258 e. The number of carbonyl (C=O) groups excluding carboxylic acids is 2. The van der Waals surface area contributed by atoms with Gasteiger partial charge in [-0.2, -0.15) is 4.98 Å². The molecular formula is C22H27N5O3. The number of fused-ring (bicyclic) bond motifs is 1. The van der Waals surface area contributed by atoms with Crippen molar-refractivity contribution in [2.75, 3.05) is 22.1 Å². The Bertz CT molecular complexity index is 1030. The highest BCUT2D eigenvalue weighted by Crippen LogP contribution is 2.31. The van der Waals surface area contributed by atoms with Crippen LogP contribution in [-0.2, 0) is 9.59 Å². The minimum absolute atomic E-state index is 0.0872. The highest BCUT2D eigenvalue weighted by atomic mass is 16.2. The van der Waals surface area contributed by atoms with Crippen molar-refractivity contribution >= 4 is 29.3 Å². The molecule has 0 saturated carbocycles. The van der Waals surface area contributed by atoms with Gasteiger partial charge < -0.3 is 15.5 Å². The molecule has 1 saturated heterocycles. The number of rotatable bonds is 4. The van der Waals surface area contributed by atoms with Gasteiger partial charge in [-0.3, -0.25) is 19.4 Å². The standard InChI is InChI=1S/C22H27N5O3/c1-3-15-9-4-5-10-27(15)22-25-19-18(21(30)26-22)16(12-17(28)24-19)20(29)23-14-8-6-7-13(2)11-14/h6-8,11,15-16H,3-5,9-10,12H2,1-2H3,(H,23,29)(H2,24,25,26,28,30)/t15-,16+/m0/s1. The molecule has 0 aliphatic carbocycles. The van der Waals surface area contributed by atoms with Gasteiger partial charge in [0.1, 0.15) is 5.82 Å². The Balaban J connectivity index is 1.66. The molecule has 2 aliphatic rings. The van der Waals surface area contributed by atoms with E-state index in [4.69, 9.17) is 0 Å². The Kier molecular flexibility index (Phi) is 5.57. The van der Waals surface area contributed by atoms with Gasteiger partial charge in [-0.25, -0.2) is 0 Å². The SMILES string of the molecule is CC[C@H]1CCCCN1c1nc2c(c(=O)[nH]1)[C@H](C(=O)Nc1cccc(C)c1)CC(=O)N2. The number of aromatic nitrogens is 2. The zero-order valence-corrected chi connectivity index (χ0v) is 17.3. The van der Waals surface area contributed by atoms with E-state index in [0.29, 0.717) is 17.7 Å². The Morgan fingerprint density at radius 2 is 2.13 bits per heavy atom. The van der Waals surface area contributed by atoms with Crippen LogP contribution >= 0.6 is 0 Å². The van der Waals surface area contributed by atoms with Crippen LogP contribution in [0.4, 0.5) is 17.5 Å². The summed E-state index contributed by atoms with van der Waals surface area (Å²) >= 11 is 0. The minimum Gasteiger partial charge on any atom is -0.339 e. The predicted octanol–water partition coefficient (Wildman–Crippen LogP) is 2.91. The Labute approximate surface area is 175 Å². The Hall–Kier alpha value is -3.16. The van der Waals surface area contributed by atoms with Gasteiger partial charge in [-0.15, -0.1) is 0 Å². The molecule has 8 heteroatoms. The number of benzene rings is 1. The van der Waals surface area contributed by atoms with Crippen molar-refractivity contribution in [2.45, 2.75) is 57.9 Å². The van der Waals surface area contributed by atoms with Gasteiger partial charge in [-0.1, -0.05) is 19.1 Å². The normalized spacial score (nSPS) is 21.0. The highest BCUT2D eigenvalue weighted by Gasteiger charge is 2.35. The molecule has 0 spiro atoms. The molecular weight excluding hydrogens is 382 g/mol. The number of anilines is 3. The molecule has 2 aliphatic heterocycles. The second-order valence-corrected chi connectivity index (χ2v) is 8.07. The van der Waals surface area contributed by atoms with Crippen LogP contribution in [0.5, 0.6) is 0 Å². The maximum absolute atomic E-state index is 13.0. The third-order valence-electron chi connectivity index (χ3n) is 5.91. The average Bonchev–Trinajstić information content (AvgIpc) is 2.72. The summed E-state index contributed by atoms with van der Waals surface area (Å²) in [5.74, 6) is -0.939. The number of hydrogen-bond acceptors (Lipinski definition) is 5. The molecule has 0 radical (unpaired) electrons. The van der Waals surface area contributed by atoms with Crippen molar-refractivity contribution in [1.82, 2.24) is 9.97 Å². The number of nitrogens with zero attached hydrogens (tertiary/aromatic N) is 2. The lowest BCUT2D eigenvalue weighted by Crippen LogP contribution is -2.43. The molecule has 0 bridgehead atoms. The van der Waals surface area contributed by atoms with Crippen molar-refractivity contribution in [3.8, 4) is 0 Å². The predicted molar refractivity (Wildman–Crippen MR) is 116 cm³/mol. The van der Waals surface area contributed by atoms with Crippen molar-refractivity contribution in [1.29, 1.82) is 0 Å². The summed E-state index contributed by atoms with van der Waals surface area (Å²) in [5, 5.41) is 5.52. The van der Waals surface area contributed by atoms with Gasteiger partial charge in [0.15, 0.2) is 0 Å². The summed E-state index contributed by atoms with van der Waals surface area (Å²) in [7, 11) is 0. The fraction of sp³-hybridized carbons (Fsp3) is 0.455. The number of amides is 2. The molecule has 3 heterocycles. The molecule has 4 rings (SSSR count). The first-order chi connectivity index (χ1) is 14.5. The minimum atomic E-state index is -0.886. The fourth-order valence-electron chi connectivity index (χ4n) is 4.38. The monoisotopic (exact) mass is 409 g/mol. The third kappa shape index (κ3) is 3.94. The van der Waals surface area contributed by atoms with E-state index in [-0.39, 0.29) is 35.2 Å². The summed E-state index contributed by atoms with van der Waals surface area (Å²) in [6.07, 6.45) is 4.10. The van der Waals surface area contributed by atoms with Crippen molar-refractivity contribution < 1.29 is 9.59 Å². The van der Waals surface area contributed by atoms with Crippen molar-refractivity contribution in [3.05, 3.63) is 45.7 Å². The van der Waals surface area contributed by atoms with E-state index >= 15 is 0 Å². The Morgan fingerprint density at radius 1 is 1.30 bits per heavy atom. The molecule has 30 heavy (non-hydrogen) atoms. The number of hydrogen-bond donors (Lipinski definition) is 3. The van der Waals surface area contributed by atoms with E-state index in [0.717, 1.165) is 37.8 Å². The molecule has 0 unspecified atom stereocenters. The quantitative estimate of drug-likeness (QED) is 0.720. The fourth-order valence-corrected chi connectivity index (χ4v) is 4.38. The van der Waals surface area contributed by atoms with E-state index in [1.165, 1.54) is 0 Å². The van der Waals surface area contributed by atoms with Gasteiger partial charge in [0.05, 0.1) is 11.5 Å². The molecule has 1 fully saturated rings. The molecule has 2 amide bonds. The molecule has 2 atom stereocenters. The number of nitrogens with one attached hydrogen (secondary N) is 3. The van der Waals surface area contributed by atoms with E-state index in [1.54, 1.807) is 6.07 Å². The highest BCUT2D eigenvalue weighted by molar-refractivity contribution is 6.04. The first-order valence-corrected chi connectivity index (χ1v) is 10.5. The summed E-state index contributed by atoms with van der Waals surface area (Å²) < 4.78 is 0. The van der Waals surface area contributed by atoms with Crippen LogP contribution < -0.4 is 21.1 Å². The summed E-state index contributed by atoms with van der Waals surface area (Å²) in [6.45, 7) is 4.86. The second kappa shape index (κ2) is 8.30.